The van der Waals surface area contributed by atoms with Crippen molar-refractivity contribution in [1.29, 1.82) is 0 Å². The summed E-state index contributed by atoms with van der Waals surface area (Å²) in [4.78, 5) is 41.0. The van der Waals surface area contributed by atoms with Gasteiger partial charge in [-0.25, -0.2) is 9.29 Å². The number of carboxylic acids is 1. The molecular formula is C19H15FN3O4S-. The van der Waals surface area contributed by atoms with Crippen molar-refractivity contribution in [1.82, 2.24) is 0 Å². The van der Waals surface area contributed by atoms with E-state index in [0.717, 1.165) is 16.7 Å². The molecule has 1 fully saturated rings. The molecule has 1 aliphatic rings. The largest absolute Gasteiger partial charge is 0.545 e. The maximum absolute atomic E-state index is 13.0. The maximum Gasteiger partial charge on any atom is 0.247 e. The summed E-state index contributed by atoms with van der Waals surface area (Å²) >= 11 is 1.10. The van der Waals surface area contributed by atoms with Crippen LogP contribution in [0.4, 0.5) is 15.8 Å². The van der Waals surface area contributed by atoms with E-state index in [1.54, 1.807) is 0 Å². The van der Waals surface area contributed by atoms with Crippen molar-refractivity contribution in [3.63, 3.8) is 0 Å². The molecule has 1 N–H and O–H groups in total. The summed E-state index contributed by atoms with van der Waals surface area (Å²) in [5.41, 5.74) is 0.850. The van der Waals surface area contributed by atoms with Gasteiger partial charge in [0.1, 0.15) is 11.1 Å². The van der Waals surface area contributed by atoms with Crippen molar-refractivity contribution in [3.8, 4) is 0 Å². The van der Waals surface area contributed by atoms with Gasteiger partial charge in [0.15, 0.2) is 5.17 Å². The highest BCUT2D eigenvalue weighted by Gasteiger charge is 2.40. The average molecular weight is 400 g/mol. The molecule has 0 spiro atoms. The van der Waals surface area contributed by atoms with Gasteiger partial charge in [-0.05, 0) is 42.0 Å². The number of halogens is 1. The molecule has 0 saturated carbocycles. The van der Waals surface area contributed by atoms with Crippen molar-refractivity contribution >= 4 is 46.1 Å². The second kappa shape index (κ2) is 8.22. The highest BCUT2D eigenvalue weighted by atomic mass is 32.2. The topological polar surface area (TPSA) is 102 Å². The average Bonchev–Trinajstić information content (AvgIpc) is 2.96. The molecule has 1 heterocycles. The summed E-state index contributed by atoms with van der Waals surface area (Å²) in [6, 6.07) is 11.0. The van der Waals surface area contributed by atoms with Gasteiger partial charge in [-0.2, -0.15) is 0 Å². The first-order chi connectivity index (χ1) is 13.4. The molecule has 1 atom stereocenters. The molecule has 2 aromatic rings. The monoisotopic (exact) mass is 400 g/mol. The van der Waals surface area contributed by atoms with E-state index in [9.17, 15) is 23.9 Å². The molecule has 0 aliphatic carbocycles. The lowest BCUT2D eigenvalue weighted by Gasteiger charge is -2.16. The van der Waals surface area contributed by atoms with Gasteiger partial charge in [-0.3, -0.25) is 14.6 Å². The van der Waals surface area contributed by atoms with Gasteiger partial charge >= 0.3 is 0 Å². The van der Waals surface area contributed by atoms with Gasteiger partial charge in [0.25, 0.3) is 0 Å². The molecule has 1 aliphatic heterocycles. The number of nitrogens with one attached hydrogen (secondary N) is 1. The lowest BCUT2D eigenvalue weighted by molar-refractivity contribution is -0.255. The Hall–Kier alpha value is -3.20. The van der Waals surface area contributed by atoms with Crippen LogP contribution in [-0.4, -0.2) is 35.2 Å². The standard InChI is InChI=1S/C19H16FN3O4S/c1-21-19(22-13-6-4-12(20)5-7-13)28-15-10-16(24)23(17(15)25)14-8-2-11(3-9-14)18(26)27/h2-9,15H,10H2,1H3,(H,21,22)(H,26,27)/p-1/t15-/m1/s1. The number of carbonyl (C=O) groups is 3. The Balaban J connectivity index is 1.71. The first kappa shape index (κ1) is 19.6. The van der Waals surface area contributed by atoms with Crippen molar-refractivity contribution in [2.24, 2.45) is 4.99 Å². The number of anilines is 2. The molecule has 2 aromatic carbocycles. The zero-order valence-electron chi connectivity index (χ0n) is 14.7. The SMILES string of the molecule is CN=C(Nc1ccc(F)cc1)S[C@@H]1CC(=O)N(c2ccc(C(=O)[O-])cc2)C1=O. The Kier molecular flexibility index (Phi) is 5.74. The zero-order valence-corrected chi connectivity index (χ0v) is 15.5. The number of hydrogen-bond acceptors (Lipinski definition) is 6. The van der Waals surface area contributed by atoms with Crippen LogP contribution < -0.4 is 15.3 Å². The quantitative estimate of drug-likeness (QED) is 0.476. The summed E-state index contributed by atoms with van der Waals surface area (Å²) in [5, 5.41) is 13.5. The predicted octanol–water partition coefficient (Wildman–Crippen LogP) is 1.65. The first-order valence-corrected chi connectivity index (χ1v) is 9.11. The van der Waals surface area contributed by atoms with Gasteiger partial charge < -0.3 is 15.2 Å². The minimum Gasteiger partial charge on any atom is -0.545 e. The Labute approximate surface area is 164 Å². The Morgan fingerprint density at radius 2 is 1.82 bits per heavy atom. The van der Waals surface area contributed by atoms with Gasteiger partial charge in [-0.15, -0.1) is 0 Å². The van der Waals surface area contributed by atoms with E-state index < -0.39 is 17.1 Å². The number of amides is 2. The van der Waals surface area contributed by atoms with Crippen LogP contribution in [0.1, 0.15) is 16.8 Å². The summed E-state index contributed by atoms with van der Waals surface area (Å²) in [7, 11) is 1.54. The van der Waals surface area contributed by atoms with Crippen molar-refractivity contribution < 1.29 is 23.9 Å². The van der Waals surface area contributed by atoms with Crippen LogP contribution in [0.15, 0.2) is 53.5 Å². The fourth-order valence-corrected chi connectivity index (χ4v) is 3.63. The van der Waals surface area contributed by atoms with Gasteiger partial charge in [-0.1, -0.05) is 23.9 Å². The molecule has 0 aromatic heterocycles. The lowest BCUT2D eigenvalue weighted by atomic mass is 10.2. The van der Waals surface area contributed by atoms with Gasteiger partial charge in [0, 0.05) is 19.2 Å². The molecule has 0 bridgehead atoms. The summed E-state index contributed by atoms with van der Waals surface area (Å²) in [6.45, 7) is 0. The third-order valence-corrected chi connectivity index (χ3v) is 5.18. The number of benzene rings is 2. The van der Waals surface area contributed by atoms with Crippen LogP contribution >= 0.6 is 11.8 Å². The van der Waals surface area contributed by atoms with E-state index in [2.05, 4.69) is 10.3 Å². The van der Waals surface area contributed by atoms with Crippen LogP contribution in [0.3, 0.4) is 0 Å². The minimum atomic E-state index is -1.34. The van der Waals surface area contributed by atoms with Crippen LogP contribution in [0.25, 0.3) is 0 Å². The van der Waals surface area contributed by atoms with Crippen LogP contribution in [0.2, 0.25) is 0 Å². The molecule has 0 unspecified atom stereocenters. The summed E-state index contributed by atoms with van der Waals surface area (Å²) < 4.78 is 13.0. The van der Waals surface area contributed by atoms with Crippen molar-refractivity contribution in [3.05, 3.63) is 59.9 Å². The van der Waals surface area contributed by atoms with E-state index in [1.807, 2.05) is 0 Å². The number of amidine groups is 1. The normalized spacial score (nSPS) is 17.1. The highest BCUT2D eigenvalue weighted by molar-refractivity contribution is 8.15. The predicted molar refractivity (Wildman–Crippen MR) is 103 cm³/mol. The number of hydrogen-bond donors (Lipinski definition) is 1. The highest BCUT2D eigenvalue weighted by Crippen LogP contribution is 2.31. The third-order valence-electron chi connectivity index (χ3n) is 4.02. The number of carboxylic acid groups (broad SMARTS) is 1. The Bertz CT molecular complexity index is 945. The van der Waals surface area contributed by atoms with E-state index >= 15 is 0 Å². The van der Waals surface area contributed by atoms with Crippen molar-refractivity contribution in [2.75, 3.05) is 17.3 Å². The fourth-order valence-electron chi connectivity index (χ4n) is 2.64. The van der Waals surface area contributed by atoms with Crippen LogP contribution in [0, 0.1) is 5.82 Å². The first-order valence-electron chi connectivity index (χ1n) is 8.23. The van der Waals surface area contributed by atoms with E-state index in [1.165, 1.54) is 55.6 Å². The third kappa shape index (κ3) is 4.20. The number of imide groups is 1. The van der Waals surface area contributed by atoms with Gasteiger partial charge in [0.2, 0.25) is 11.8 Å². The van der Waals surface area contributed by atoms with Crippen molar-refractivity contribution in [2.45, 2.75) is 11.7 Å². The Morgan fingerprint density at radius 3 is 2.39 bits per heavy atom. The number of thioether (sulfide) groups is 1. The number of nitrogens with zero attached hydrogens (tertiary/aromatic N) is 2. The van der Waals surface area contributed by atoms with Crippen LogP contribution in [0.5, 0.6) is 0 Å². The second-order valence-corrected chi connectivity index (χ2v) is 7.06. The Morgan fingerprint density at radius 1 is 1.18 bits per heavy atom. The minimum absolute atomic E-state index is 0.0180. The molecule has 7 nitrogen and oxygen atoms in total. The number of aromatic carboxylic acids is 1. The number of aliphatic imine (C=N–C) groups is 1. The molecule has 9 heteroatoms. The van der Waals surface area contributed by atoms with Gasteiger partial charge in [0.05, 0.1) is 11.7 Å². The van der Waals surface area contributed by atoms with E-state index in [0.29, 0.717) is 16.5 Å². The zero-order chi connectivity index (χ0) is 20.3. The second-order valence-electron chi connectivity index (χ2n) is 5.87. The van der Waals surface area contributed by atoms with E-state index in [4.69, 9.17) is 0 Å². The molecular weight excluding hydrogens is 385 g/mol. The molecule has 1 saturated heterocycles. The molecule has 0 radical (unpaired) electrons. The molecule has 2 amide bonds. The maximum atomic E-state index is 13.0. The smallest absolute Gasteiger partial charge is 0.247 e. The fraction of sp³-hybridized carbons (Fsp3) is 0.158. The molecule has 28 heavy (non-hydrogen) atoms. The summed E-state index contributed by atoms with van der Waals surface area (Å²) in [6.07, 6.45) is -0.0180. The molecule has 144 valence electrons. The number of carbonyl (C=O) groups excluding carboxylic acids is 3. The lowest BCUT2D eigenvalue weighted by Crippen LogP contribution is -2.32. The number of rotatable bonds is 4. The van der Waals surface area contributed by atoms with E-state index in [-0.39, 0.29) is 23.7 Å². The van der Waals surface area contributed by atoms with Crippen LogP contribution in [-0.2, 0) is 9.59 Å². The molecule has 3 rings (SSSR count). The summed E-state index contributed by atoms with van der Waals surface area (Å²) in [5.74, 6) is -2.51.